The highest BCUT2D eigenvalue weighted by Gasteiger charge is 1.97. The molecule has 2 aromatic heterocycles. The number of halogens is 1. The molecule has 0 unspecified atom stereocenters. The zero-order valence-corrected chi connectivity index (χ0v) is 7.21. The van der Waals surface area contributed by atoms with Crippen LogP contribution in [0.4, 0.5) is 0 Å². The van der Waals surface area contributed by atoms with Gasteiger partial charge in [0.25, 0.3) is 0 Å². The number of rotatable bonds is 0. The van der Waals surface area contributed by atoms with E-state index in [2.05, 4.69) is 15.0 Å². The van der Waals surface area contributed by atoms with Crippen molar-refractivity contribution in [2.45, 2.75) is 6.92 Å². The van der Waals surface area contributed by atoms with Crippen LogP contribution in [0.15, 0.2) is 18.3 Å². The van der Waals surface area contributed by atoms with Gasteiger partial charge in [-0.15, -0.1) is 0 Å². The minimum atomic E-state index is 0.396. The third-order valence-electron chi connectivity index (χ3n) is 1.51. The Labute approximate surface area is 74.4 Å². The first-order chi connectivity index (χ1) is 5.75. The van der Waals surface area contributed by atoms with Gasteiger partial charge in [-0.05, 0) is 19.1 Å². The molecule has 0 aliphatic heterocycles. The monoisotopic (exact) mass is 179 g/mol. The number of aromatic nitrogens is 3. The molecule has 0 bridgehead atoms. The van der Waals surface area contributed by atoms with Gasteiger partial charge in [-0.1, -0.05) is 11.6 Å². The number of pyridine rings is 1. The predicted octanol–water partition coefficient (Wildman–Crippen LogP) is 1.99. The van der Waals surface area contributed by atoms with Crippen molar-refractivity contribution in [2.75, 3.05) is 0 Å². The van der Waals surface area contributed by atoms with E-state index in [-0.39, 0.29) is 0 Å². The second-order valence-corrected chi connectivity index (χ2v) is 2.88. The summed E-state index contributed by atoms with van der Waals surface area (Å²) in [4.78, 5) is 12.3. The highest BCUT2D eigenvalue weighted by atomic mass is 35.5. The van der Waals surface area contributed by atoms with Crippen LogP contribution < -0.4 is 0 Å². The zero-order chi connectivity index (χ0) is 8.55. The molecule has 0 aliphatic rings. The Bertz CT molecular complexity index is 386. The quantitative estimate of drug-likeness (QED) is 0.621. The molecule has 0 aromatic carbocycles. The van der Waals surface area contributed by atoms with E-state index in [0.29, 0.717) is 10.8 Å². The topological polar surface area (TPSA) is 38.7 Å². The molecule has 0 saturated carbocycles. The highest BCUT2D eigenvalue weighted by Crippen LogP contribution is 2.10. The van der Waals surface area contributed by atoms with E-state index in [1.165, 1.54) is 6.20 Å². The third-order valence-corrected chi connectivity index (χ3v) is 1.70. The lowest BCUT2D eigenvalue weighted by Gasteiger charge is -1.96. The van der Waals surface area contributed by atoms with Crippen molar-refractivity contribution in [3.63, 3.8) is 0 Å². The molecule has 0 spiro atoms. The smallest absolute Gasteiger partial charge is 0.178 e. The highest BCUT2D eigenvalue weighted by molar-refractivity contribution is 6.29. The van der Waals surface area contributed by atoms with Gasteiger partial charge >= 0.3 is 0 Å². The standard InChI is InChI=1S/C8H6ClN3/c1-5-2-3-6-8(11-5)10-4-7(9)12-6/h2-4H,1H3. The maximum absolute atomic E-state index is 5.66. The molecule has 0 N–H and O–H groups in total. The second-order valence-electron chi connectivity index (χ2n) is 2.49. The Morgan fingerprint density at radius 3 is 2.92 bits per heavy atom. The molecular weight excluding hydrogens is 174 g/mol. The van der Waals surface area contributed by atoms with Crippen LogP contribution in [0.1, 0.15) is 5.69 Å². The second kappa shape index (κ2) is 2.68. The Hall–Kier alpha value is -1.22. The maximum atomic E-state index is 5.66. The van der Waals surface area contributed by atoms with Crippen molar-refractivity contribution >= 4 is 22.8 Å². The van der Waals surface area contributed by atoms with E-state index in [0.717, 1.165) is 11.2 Å². The molecular formula is C8H6ClN3. The summed E-state index contributed by atoms with van der Waals surface area (Å²) < 4.78 is 0. The van der Waals surface area contributed by atoms with Gasteiger partial charge in [0, 0.05) is 5.69 Å². The van der Waals surface area contributed by atoms with Crippen molar-refractivity contribution in [3.8, 4) is 0 Å². The molecule has 4 heteroatoms. The van der Waals surface area contributed by atoms with E-state index < -0.39 is 0 Å². The van der Waals surface area contributed by atoms with Crippen molar-refractivity contribution in [3.05, 3.63) is 29.2 Å². The lowest BCUT2D eigenvalue weighted by atomic mass is 10.3. The molecule has 0 radical (unpaired) electrons. The first-order valence-corrected chi connectivity index (χ1v) is 3.89. The average molecular weight is 180 g/mol. The van der Waals surface area contributed by atoms with Crippen LogP contribution in [0, 0.1) is 6.92 Å². The van der Waals surface area contributed by atoms with Gasteiger partial charge < -0.3 is 0 Å². The van der Waals surface area contributed by atoms with Crippen molar-refractivity contribution in [2.24, 2.45) is 0 Å². The molecule has 2 heterocycles. The molecule has 0 aliphatic carbocycles. The average Bonchev–Trinajstić information content (AvgIpc) is 2.05. The molecule has 12 heavy (non-hydrogen) atoms. The summed E-state index contributed by atoms with van der Waals surface area (Å²) in [5.41, 5.74) is 2.30. The molecule has 3 nitrogen and oxygen atoms in total. The van der Waals surface area contributed by atoms with Crippen LogP contribution >= 0.6 is 11.6 Å². The Morgan fingerprint density at radius 2 is 2.08 bits per heavy atom. The Balaban J connectivity index is 2.79. The lowest BCUT2D eigenvalue weighted by molar-refractivity contribution is 1.17. The van der Waals surface area contributed by atoms with Crippen molar-refractivity contribution in [1.29, 1.82) is 0 Å². The van der Waals surface area contributed by atoms with E-state index in [1.807, 2.05) is 19.1 Å². The van der Waals surface area contributed by atoms with Crippen LogP contribution in [0.5, 0.6) is 0 Å². The summed E-state index contributed by atoms with van der Waals surface area (Å²) in [6.45, 7) is 1.91. The SMILES string of the molecule is Cc1ccc2nc(Cl)cnc2n1. The first-order valence-electron chi connectivity index (χ1n) is 3.51. The van der Waals surface area contributed by atoms with Gasteiger partial charge in [-0.3, -0.25) is 0 Å². The molecule has 0 saturated heterocycles. The Morgan fingerprint density at radius 1 is 1.25 bits per heavy atom. The van der Waals surface area contributed by atoms with Gasteiger partial charge in [-0.2, -0.15) is 0 Å². The van der Waals surface area contributed by atoms with Crippen molar-refractivity contribution in [1.82, 2.24) is 15.0 Å². The van der Waals surface area contributed by atoms with Gasteiger partial charge in [0.1, 0.15) is 10.7 Å². The maximum Gasteiger partial charge on any atom is 0.178 e. The molecule has 2 rings (SSSR count). The van der Waals surface area contributed by atoms with E-state index in [1.54, 1.807) is 0 Å². The number of aryl methyl sites for hydroxylation is 1. The number of nitrogens with zero attached hydrogens (tertiary/aromatic N) is 3. The molecule has 0 amide bonds. The summed E-state index contributed by atoms with van der Waals surface area (Å²) in [5.74, 6) is 0. The molecule has 60 valence electrons. The van der Waals surface area contributed by atoms with Crippen LogP contribution in [0.2, 0.25) is 5.15 Å². The fourth-order valence-corrected chi connectivity index (χ4v) is 1.12. The molecule has 0 atom stereocenters. The van der Waals surface area contributed by atoms with E-state index >= 15 is 0 Å². The lowest BCUT2D eigenvalue weighted by Crippen LogP contribution is -1.89. The van der Waals surface area contributed by atoms with Crippen molar-refractivity contribution < 1.29 is 0 Å². The van der Waals surface area contributed by atoms with Gasteiger partial charge in [0.2, 0.25) is 0 Å². The summed E-state index contributed by atoms with van der Waals surface area (Å²) in [7, 11) is 0. The summed E-state index contributed by atoms with van der Waals surface area (Å²) in [6.07, 6.45) is 1.50. The van der Waals surface area contributed by atoms with Gasteiger partial charge in [0.05, 0.1) is 6.20 Å². The zero-order valence-electron chi connectivity index (χ0n) is 6.45. The molecule has 0 fully saturated rings. The fourth-order valence-electron chi connectivity index (χ4n) is 0.976. The van der Waals surface area contributed by atoms with Crippen LogP contribution in [-0.4, -0.2) is 15.0 Å². The first kappa shape index (κ1) is 7.43. The van der Waals surface area contributed by atoms with E-state index in [4.69, 9.17) is 11.6 Å². The van der Waals surface area contributed by atoms with Crippen LogP contribution in [-0.2, 0) is 0 Å². The summed E-state index contributed by atoms with van der Waals surface area (Å²) >= 11 is 5.66. The van der Waals surface area contributed by atoms with Crippen LogP contribution in [0.25, 0.3) is 11.2 Å². The number of fused-ring (bicyclic) bond motifs is 1. The predicted molar refractivity (Wildman–Crippen MR) is 47.1 cm³/mol. The number of hydrogen-bond acceptors (Lipinski definition) is 3. The minimum Gasteiger partial charge on any atom is -0.232 e. The van der Waals surface area contributed by atoms with Gasteiger partial charge in [-0.25, -0.2) is 15.0 Å². The summed E-state index contributed by atoms with van der Waals surface area (Å²) in [5, 5.41) is 0.396. The van der Waals surface area contributed by atoms with Gasteiger partial charge in [0.15, 0.2) is 5.65 Å². The third kappa shape index (κ3) is 1.23. The summed E-state index contributed by atoms with van der Waals surface area (Å²) in [6, 6.07) is 3.74. The largest absolute Gasteiger partial charge is 0.232 e. The fraction of sp³-hybridized carbons (Fsp3) is 0.125. The molecule has 2 aromatic rings. The minimum absolute atomic E-state index is 0.396. The Kier molecular flexibility index (Phi) is 1.66. The van der Waals surface area contributed by atoms with Crippen LogP contribution in [0.3, 0.4) is 0 Å². The number of hydrogen-bond donors (Lipinski definition) is 0. The normalized spacial score (nSPS) is 10.5. The van der Waals surface area contributed by atoms with E-state index in [9.17, 15) is 0 Å².